The van der Waals surface area contributed by atoms with Crippen LogP contribution in [0.5, 0.6) is 0 Å². The highest BCUT2D eigenvalue weighted by Crippen LogP contribution is 2.38. The third kappa shape index (κ3) is 5.87. The van der Waals surface area contributed by atoms with Gasteiger partial charge in [-0.2, -0.15) is 0 Å². The topological polar surface area (TPSA) is 89.7 Å². The third-order valence-electron chi connectivity index (χ3n) is 5.44. The van der Waals surface area contributed by atoms with E-state index in [-0.39, 0.29) is 18.7 Å². The first-order valence-electron chi connectivity index (χ1n) is 9.96. The lowest BCUT2D eigenvalue weighted by atomic mass is 9.77. The number of aromatic amines is 1. The van der Waals surface area contributed by atoms with Crippen LogP contribution in [0.4, 0.5) is 4.79 Å². The molecular formula is C22H26BBrN2O5. The maximum atomic E-state index is 12.3. The second kappa shape index (κ2) is 9.42. The minimum atomic E-state index is -0.724. The molecule has 1 fully saturated rings. The van der Waals surface area contributed by atoms with E-state index in [9.17, 15) is 9.59 Å². The Morgan fingerprint density at radius 3 is 2.48 bits per heavy atom. The number of benzene rings is 1. The van der Waals surface area contributed by atoms with E-state index in [1.54, 1.807) is 18.3 Å². The number of pyridine rings is 1. The molecule has 0 spiro atoms. The van der Waals surface area contributed by atoms with Crippen LogP contribution in [0.3, 0.4) is 0 Å². The maximum absolute atomic E-state index is 12.3. The molecule has 0 unspecified atom stereocenters. The zero-order valence-electron chi connectivity index (χ0n) is 18.0. The number of amides is 1. The smallest absolute Gasteiger partial charge is 0.445 e. The second-order valence-electron chi connectivity index (χ2n) is 8.33. The number of hydrogen-bond donors (Lipinski definition) is 2. The summed E-state index contributed by atoms with van der Waals surface area (Å²) in [5.41, 5.74) is 0.518. The van der Waals surface area contributed by atoms with Crippen molar-refractivity contribution in [3.8, 4) is 0 Å². The molecule has 1 aliphatic rings. The lowest BCUT2D eigenvalue weighted by Crippen LogP contribution is -2.41. The van der Waals surface area contributed by atoms with Crippen LogP contribution < -0.4 is 10.9 Å². The first-order chi connectivity index (χ1) is 14.6. The lowest BCUT2D eigenvalue weighted by molar-refractivity contribution is 0.00578. The molecule has 0 radical (unpaired) electrons. The number of hydrogen-bond acceptors (Lipinski definition) is 5. The molecule has 31 heavy (non-hydrogen) atoms. The van der Waals surface area contributed by atoms with Gasteiger partial charge in [0.2, 0.25) is 0 Å². The van der Waals surface area contributed by atoms with Gasteiger partial charge in [-0.25, -0.2) is 4.79 Å². The molecule has 0 aliphatic carbocycles. The molecular weight excluding hydrogens is 463 g/mol. The van der Waals surface area contributed by atoms with E-state index in [0.717, 1.165) is 10.0 Å². The predicted molar refractivity (Wildman–Crippen MR) is 123 cm³/mol. The highest BCUT2D eigenvalue weighted by Gasteiger charge is 2.52. The lowest BCUT2D eigenvalue weighted by Gasteiger charge is -2.32. The van der Waals surface area contributed by atoms with Crippen molar-refractivity contribution in [2.24, 2.45) is 0 Å². The Bertz CT molecular complexity index is 1000. The summed E-state index contributed by atoms with van der Waals surface area (Å²) >= 11 is 3.36. The van der Waals surface area contributed by atoms with E-state index >= 15 is 0 Å². The Hall–Kier alpha value is -2.36. The number of halogens is 1. The highest BCUT2D eigenvalue weighted by molar-refractivity contribution is 9.10. The summed E-state index contributed by atoms with van der Waals surface area (Å²) in [5, 5.41) is 2.73. The zero-order valence-corrected chi connectivity index (χ0v) is 19.6. The Kier molecular flexibility index (Phi) is 7.08. The molecule has 164 valence electrons. The second-order valence-corrected chi connectivity index (χ2v) is 9.24. The van der Waals surface area contributed by atoms with E-state index < -0.39 is 24.4 Å². The van der Waals surface area contributed by atoms with Crippen molar-refractivity contribution >= 4 is 35.2 Å². The van der Waals surface area contributed by atoms with Gasteiger partial charge in [-0.3, -0.25) is 4.79 Å². The van der Waals surface area contributed by atoms with Crippen molar-refractivity contribution in [3.63, 3.8) is 0 Å². The van der Waals surface area contributed by atoms with Gasteiger partial charge in [0.15, 0.2) is 0 Å². The quantitative estimate of drug-likeness (QED) is 0.598. The van der Waals surface area contributed by atoms with Crippen molar-refractivity contribution in [3.05, 3.63) is 74.0 Å². The van der Waals surface area contributed by atoms with Gasteiger partial charge >= 0.3 is 13.2 Å². The minimum absolute atomic E-state index is 0.0937. The zero-order chi connectivity index (χ0) is 22.6. The number of carbonyl (C=O) groups is 1. The molecule has 1 saturated heterocycles. The van der Waals surface area contributed by atoms with Crippen molar-refractivity contribution in [1.29, 1.82) is 0 Å². The summed E-state index contributed by atoms with van der Waals surface area (Å²) in [6.07, 6.45) is 2.66. The minimum Gasteiger partial charge on any atom is -0.445 e. The summed E-state index contributed by atoms with van der Waals surface area (Å²) in [6.45, 7) is 8.02. The number of nitrogens with one attached hydrogen (secondary N) is 2. The predicted octanol–water partition coefficient (Wildman–Crippen LogP) is 4.08. The van der Waals surface area contributed by atoms with Crippen LogP contribution in [0.25, 0.3) is 6.08 Å². The van der Waals surface area contributed by atoms with Gasteiger partial charge in [-0.15, -0.1) is 0 Å². The van der Waals surface area contributed by atoms with Crippen LogP contribution in [0.1, 0.15) is 38.8 Å². The Balaban J connectivity index is 1.76. The Morgan fingerprint density at radius 1 is 1.19 bits per heavy atom. The number of aromatic nitrogens is 1. The maximum Gasteiger partial charge on any atom is 0.492 e. The van der Waals surface area contributed by atoms with E-state index in [4.69, 9.17) is 14.0 Å². The van der Waals surface area contributed by atoms with E-state index in [0.29, 0.717) is 11.0 Å². The van der Waals surface area contributed by atoms with Crippen molar-refractivity contribution in [2.75, 3.05) is 6.54 Å². The molecule has 0 saturated carbocycles. The van der Waals surface area contributed by atoms with Gasteiger partial charge in [0.25, 0.3) is 5.56 Å². The average molecular weight is 489 g/mol. The first-order valence-corrected chi connectivity index (χ1v) is 10.8. The van der Waals surface area contributed by atoms with Crippen LogP contribution in [0, 0.1) is 0 Å². The SMILES string of the molecule is CC1(C)OB(C(=Cc2cc(Br)c[nH]c2=O)CNC(=O)OCc2ccccc2)OC1(C)C. The van der Waals surface area contributed by atoms with E-state index in [1.165, 1.54) is 0 Å². The highest BCUT2D eigenvalue weighted by atomic mass is 79.9. The van der Waals surface area contributed by atoms with Crippen molar-refractivity contribution < 1.29 is 18.8 Å². The average Bonchev–Trinajstić information content (AvgIpc) is 2.94. The number of carbonyl (C=O) groups excluding carboxylic acids is 1. The van der Waals surface area contributed by atoms with Crippen LogP contribution in [0.15, 0.2) is 57.3 Å². The largest absolute Gasteiger partial charge is 0.492 e. The molecule has 1 aromatic carbocycles. The number of alkyl carbamates (subject to hydrolysis) is 1. The fraction of sp³-hybridized carbons (Fsp3) is 0.364. The molecule has 2 aromatic rings. The number of rotatable bonds is 6. The standard InChI is InChI=1S/C22H26BBrN2O5/c1-21(2)22(3,4)31-23(30-21)17(10-16-11-18(24)13-25-19(16)27)12-26-20(28)29-14-15-8-6-5-7-9-15/h5-11,13H,12,14H2,1-4H3,(H,25,27)(H,26,28). The van der Waals surface area contributed by atoms with Gasteiger partial charge in [0.1, 0.15) is 6.61 Å². The fourth-order valence-corrected chi connectivity index (χ4v) is 3.29. The molecule has 2 N–H and O–H groups in total. The molecule has 7 nitrogen and oxygen atoms in total. The van der Waals surface area contributed by atoms with Crippen LogP contribution >= 0.6 is 15.9 Å². The van der Waals surface area contributed by atoms with Crippen molar-refractivity contribution in [2.45, 2.75) is 45.5 Å². The number of ether oxygens (including phenoxy) is 1. The van der Waals surface area contributed by atoms with Crippen LogP contribution in [-0.2, 0) is 20.7 Å². The number of H-pyrrole nitrogens is 1. The van der Waals surface area contributed by atoms with Gasteiger partial charge < -0.3 is 24.3 Å². The van der Waals surface area contributed by atoms with Gasteiger partial charge in [-0.05, 0) is 60.7 Å². The molecule has 9 heteroatoms. The summed E-state index contributed by atoms with van der Waals surface area (Å²) < 4.78 is 18.3. The molecule has 1 aliphatic heterocycles. The Morgan fingerprint density at radius 2 is 1.84 bits per heavy atom. The first kappa shape index (κ1) is 23.3. The van der Waals surface area contributed by atoms with Gasteiger partial charge in [-0.1, -0.05) is 36.4 Å². The van der Waals surface area contributed by atoms with Gasteiger partial charge in [0.05, 0.1) is 11.2 Å². The summed E-state index contributed by atoms with van der Waals surface area (Å²) in [5.74, 6) is 0. The van der Waals surface area contributed by atoms with E-state index in [1.807, 2.05) is 58.0 Å². The molecule has 1 aromatic heterocycles. The van der Waals surface area contributed by atoms with Gasteiger partial charge in [0, 0.05) is 22.8 Å². The normalized spacial score (nSPS) is 17.5. The molecule has 0 atom stereocenters. The summed E-state index contributed by atoms with van der Waals surface area (Å²) in [6, 6.07) is 11.1. The third-order valence-corrected chi connectivity index (χ3v) is 5.90. The summed E-state index contributed by atoms with van der Waals surface area (Å²) in [4.78, 5) is 27.2. The Labute approximate surface area is 190 Å². The van der Waals surface area contributed by atoms with Crippen molar-refractivity contribution in [1.82, 2.24) is 10.3 Å². The van der Waals surface area contributed by atoms with E-state index in [2.05, 4.69) is 26.2 Å². The van der Waals surface area contributed by atoms with Crippen LogP contribution in [-0.4, -0.2) is 35.9 Å². The molecule has 2 heterocycles. The summed E-state index contributed by atoms with van der Waals surface area (Å²) in [7, 11) is -0.724. The fourth-order valence-electron chi connectivity index (χ4n) is 2.93. The molecule has 1 amide bonds. The molecule has 0 bridgehead atoms. The monoisotopic (exact) mass is 488 g/mol. The van der Waals surface area contributed by atoms with Crippen LogP contribution in [0.2, 0.25) is 0 Å². The molecule has 3 rings (SSSR count).